The summed E-state index contributed by atoms with van der Waals surface area (Å²) in [5.74, 6) is -0.420. The van der Waals surface area contributed by atoms with Gasteiger partial charge in [-0.15, -0.1) is 0 Å². The van der Waals surface area contributed by atoms with Gasteiger partial charge in [0.15, 0.2) is 5.78 Å². The van der Waals surface area contributed by atoms with E-state index < -0.39 is 17.0 Å². The van der Waals surface area contributed by atoms with Crippen molar-refractivity contribution in [2.24, 2.45) is 5.41 Å². The zero-order chi connectivity index (χ0) is 15.6. The molecule has 0 heterocycles. The Morgan fingerprint density at radius 2 is 2.05 bits per heavy atom. The van der Waals surface area contributed by atoms with Gasteiger partial charge in [-0.05, 0) is 37.1 Å². The third-order valence-electron chi connectivity index (χ3n) is 3.76. The van der Waals surface area contributed by atoms with E-state index in [1.165, 1.54) is 19.3 Å². The van der Waals surface area contributed by atoms with Gasteiger partial charge in [-0.25, -0.2) is 4.79 Å². The normalized spacial score (nSPS) is 26.6. The number of hydrogen-bond acceptors (Lipinski definition) is 4. The zero-order valence-corrected chi connectivity index (χ0v) is 12.7. The molecule has 20 heavy (non-hydrogen) atoms. The van der Waals surface area contributed by atoms with E-state index in [1.54, 1.807) is 26.0 Å². The number of ketones is 1. The minimum absolute atomic E-state index is 0.0207. The van der Waals surface area contributed by atoms with Gasteiger partial charge in [0, 0.05) is 17.9 Å². The van der Waals surface area contributed by atoms with E-state index in [2.05, 4.69) is 4.74 Å². The topological polar surface area (TPSA) is 63.6 Å². The molecule has 1 N–H and O–H groups in total. The standard InChI is InChI=1S/C16H22O4/c1-11(8-14(18)20-5)6-7-16(19)12(2)9-13(17)10-15(16,3)4/h6-9,19H,10H2,1-5H3/b7-6+,11-8-/t16-/m0/s1. The number of allylic oxidation sites excluding steroid dienone is 3. The predicted molar refractivity (Wildman–Crippen MR) is 77.0 cm³/mol. The molecule has 0 aromatic rings. The van der Waals surface area contributed by atoms with Gasteiger partial charge < -0.3 is 9.84 Å². The van der Waals surface area contributed by atoms with Crippen molar-refractivity contribution in [1.29, 1.82) is 0 Å². The lowest BCUT2D eigenvalue weighted by molar-refractivity contribution is -0.134. The van der Waals surface area contributed by atoms with Crippen LogP contribution in [0.15, 0.2) is 35.5 Å². The van der Waals surface area contributed by atoms with Crippen LogP contribution in [-0.2, 0) is 14.3 Å². The number of aliphatic hydroxyl groups is 1. The molecule has 110 valence electrons. The lowest BCUT2D eigenvalue weighted by Crippen LogP contribution is -2.48. The Labute approximate surface area is 119 Å². The van der Waals surface area contributed by atoms with Crippen LogP contribution >= 0.6 is 0 Å². The molecule has 0 aliphatic heterocycles. The summed E-state index contributed by atoms with van der Waals surface area (Å²) in [5.41, 5.74) is -0.511. The molecule has 1 aliphatic carbocycles. The third-order valence-corrected chi connectivity index (χ3v) is 3.76. The molecule has 0 spiro atoms. The van der Waals surface area contributed by atoms with Crippen molar-refractivity contribution >= 4 is 11.8 Å². The highest BCUT2D eigenvalue weighted by atomic mass is 16.5. The van der Waals surface area contributed by atoms with Crippen molar-refractivity contribution in [2.45, 2.75) is 39.7 Å². The molecule has 0 unspecified atom stereocenters. The van der Waals surface area contributed by atoms with Crippen molar-refractivity contribution in [3.63, 3.8) is 0 Å². The van der Waals surface area contributed by atoms with Crippen LogP contribution in [0.2, 0.25) is 0 Å². The molecule has 4 heteroatoms. The number of methoxy groups -OCH3 is 1. The first-order valence-electron chi connectivity index (χ1n) is 6.52. The van der Waals surface area contributed by atoms with Crippen LogP contribution in [0.4, 0.5) is 0 Å². The highest BCUT2D eigenvalue weighted by Crippen LogP contribution is 2.44. The predicted octanol–water partition coefficient (Wildman–Crippen LogP) is 2.34. The van der Waals surface area contributed by atoms with E-state index in [-0.39, 0.29) is 12.2 Å². The summed E-state index contributed by atoms with van der Waals surface area (Å²) in [6, 6.07) is 0. The fourth-order valence-electron chi connectivity index (χ4n) is 2.41. The second-order valence-electron chi connectivity index (χ2n) is 5.87. The van der Waals surface area contributed by atoms with Crippen molar-refractivity contribution in [2.75, 3.05) is 7.11 Å². The molecule has 0 aromatic heterocycles. The van der Waals surface area contributed by atoms with Crippen LogP contribution < -0.4 is 0 Å². The largest absolute Gasteiger partial charge is 0.466 e. The van der Waals surface area contributed by atoms with E-state index in [0.29, 0.717) is 11.1 Å². The lowest BCUT2D eigenvalue weighted by Gasteiger charge is -2.43. The summed E-state index contributed by atoms with van der Waals surface area (Å²) in [4.78, 5) is 22.8. The van der Waals surface area contributed by atoms with Crippen LogP contribution in [0, 0.1) is 5.41 Å². The van der Waals surface area contributed by atoms with Crippen molar-refractivity contribution in [3.05, 3.63) is 35.5 Å². The first-order valence-corrected chi connectivity index (χ1v) is 6.52. The molecule has 1 aliphatic rings. The van der Waals surface area contributed by atoms with Crippen molar-refractivity contribution in [1.82, 2.24) is 0 Å². The summed E-state index contributed by atoms with van der Waals surface area (Å²) in [6.07, 6.45) is 6.42. The SMILES string of the molecule is COC(=O)/C=C(C)\C=C\[C@]1(O)C(C)=CC(=O)CC1(C)C. The van der Waals surface area contributed by atoms with Crippen LogP contribution in [-0.4, -0.2) is 29.6 Å². The van der Waals surface area contributed by atoms with Gasteiger partial charge in [-0.1, -0.05) is 19.9 Å². The molecule has 4 nitrogen and oxygen atoms in total. The summed E-state index contributed by atoms with van der Waals surface area (Å²) in [5, 5.41) is 10.9. The smallest absolute Gasteiger partial charge is 0.330 e. The Balaban J connectivity index is 3.10. The highest BCUT2D eigenvalue weighted by Gasteiger charge is 2.46. The summed E-state index contributed by atoms with van der Waals surface area (Å²) in [7, 11) is 1.31. The van der Waals surface area contributed by atoms with E-state index in [0.717, 1.165) is 0 Å². The minimum atomic E-state index is -1.20. The summed E-state index contributed by atoms with van der Waals surface area (Å²) in [6.45, 7) is 7.19. The first-order chi connectivity index (χ1) is 9.12. The maximum absolute atomic E-state index is 11.6. The number of carbonyl (C=O) groups is 2. The van der Waals surface area contributed by atoms with Gasteiger partial charge in [0.05, 0.1) is 7.11 Å². The van der Waals surface area contributed by atoms with Crippen LogP contribution in [0.3, 0.4) is 0 Å². The molecule has 0 amide bonds. The molecule has 0 saturated carbocycles. The Hall–Kier alpha value is -1.68. The number of rotatable bonds is 3. The van der Waals surface area contributed by atoms with Gasteiger partial charge in [-0.2, -0.15) is 0 Å². The van der Waals surface area contributed by atoms with Crippen LogP contribution in [0.1, 0.15) is 34.1 Å². The molecule has 0 aromatic carbocycles. The molecule has 1 rings (SSSR count). The Morgan fingerprint density at radius 1 is 1.45 bits per heavy atom. The number of hydrogen-bond donors (Lipinski definition) is 1. The molecule has 0 bridgehead atoms. The monoisotopic (exact) mass is 278 g/mol. The van der Waals surface area contributed by atoms with Gasteiger partial charge in [-0.3, -0.25) is 4.79 Å². The summed E-state index contributed by atoms with van der Waals surface area (Å²) >= 11 is 0. The quantitative estimate of drug-likeness (QED) is 0.489. The Kier molecular flexibility index (Phi) is 4.71. The van der Waals surface area contributed by atoms with E-state index in [9.17, 15) is 14.7 Å². The lowest BCUT2D eigenvalue weighted by atomic mass is 9.64. The molecule has 0 fully saturated rings. The van der Waals surface area contributed by atoms with Crippen LogP contribution in [0.25, 0.3) is 0 Å². The van der Waals surface area contributed by atoms with E-state index >= 15 is 0 Å². The molecule has 0 radical (unpaired) electrons. The highest BCUT2D eigenvalue weighted by molar-refractivity contribution is 5.92. The Bertz CT molecular complexity index is 509. The van der Waals surface area contributed by atoms with E-state index in [4.69, 9.17) is 0 Å². The molecular formula is C16H22O4. The maximum Gasteiger partial charge on any atom is 0.330 e. The fourth-order valence-corrected chi connectivity index (χ4v) is 2.41. The average Bonchev–Trinajstić information content (AvgIpc) is 2.32. The third kappa shape index (κ3) is 3.25. The second kappa shape index (κ2) is 5.75. The van der Waals surface area contributed by atoms with E-state index in [1.807, 2.05) is 13.8 Å². The minimum Gasteiger partial charge on any atom is -0.466 e. The van der Waals surface area contributed by atoms with Gasteiger partial charge in [0.1, 0.15) is 5.60 Å². The Morgan fingerprint density at radius 3 is 2.55 bits per heavy atom. The second-order valence-corrected chi connectivity index (χ2v) is 5.87. The fraction of sp³-hybridized carbons (Fsp3) is 0.500. The van der Waals surface area contributed by atoms with Crippen molar-refractivity contribution < 1.29 is 19.4 Å². The van der Waals surface area contributed by atoms with Crippen molar-refractivity contribution in [3.8, 4) is 0 Å². The average molecular weight is 278 g/mol. The summed E-state index contributed by atoms with van der Waals surface area (Å²) < 4.78 is 4.55. The first kappa shape index (κ1) is 16.4. The molecule has 0 saturated heterocycles. The maximum atomic E-state index is 11.6. The molecule has 1 atom stereocenters. The van der Waals surface area contributed by atoms with Gasteiger partial charge in [0.25, 0.3) is 0 Å². The molecular weight excluding hydrogens is 256 g/mol. The van der Waals surface area contributed by atoms with Gasteiger partial charge in [0.2, 0.25) is 0 Å². The number of esters is 1. The number of carbonyl (C=O) groups excluding carboxylic acids is 2. The number of ether oxygens (including phenoxy) is 1. The zero-order valence-electron chi connectivity index (χ0n) is 12.7. The van der Waals surface area contributed by atoms with Gasteiger partial charge >= 0.3 is 5.97 Å². The van der Waals surface area contributed by atoms with Crippen LogP contribution in [0.5, 0.6) is 0 Å².